The molecule has 10 heavy (non-hydrogen) atoms. The summed E-state index contributed by atoms with van der Waals surface area (Å²) in [6.45, 7) is 2.19. The third kappa shape index (κ3) is 65.2. The van der Waals surface area contributed by atoms with Crippen molar-refractivity contribution < 1.29 is 54.1 Å². The molecule has 0 aliphatic rings. The van der Waals surface area contributed by atoms with Crippen LogP contribution in [0.25, 0.3) is 0 Å². The predicted octanol–water partition coefficient (Wildman–Crippen LogP) is -3.47. The van der Waals surface area contributed by atoms with E-state index in [1.54, 1.807) is 0 Å². The Hall–Kier alpha value is 0.940. The van der Waals surface area contributed by atoms with E-state index in [2.05, 4.69) is 0 Å². The second-order valence-electron chi connectivity index (χ2n) is 1.14. The Kier molecular flexibility index (Phi) is 21.6. The second-order valence-corrected chi connectivity index (χ2v) is 1.65. The van der Waals surface area contributed by atoms with Crippen LogP contribution in [0, 0.1) is 6.61 Å². The van der Waals surface area contributed by atoms with Gasteiger partial charge in [0, 0.05) is 4.57 Å². The summed E-state index contributed by atoms with van der Waals surface area (Å²) < 4.78 is 8.70. The monoisotopic (exact) mass is 179 g/mol. The minimum Gasteiger partial charge on any atom is -0.564 e. The van der Waals surface area contributed by atoms with Gasteiger partial charge in [-0.15, -0.1) is 9.79 Å². The van der Waals surface area contributed by atoms with Crippen molar-refractivity contribution in [3.8, 4) is 0 Å². The van der Waals surface area contributed by atoms with Crippen LogP contribution in [0.3, 0.4) is 0 Å². The van der Waals surface area contributed by atoms with Gasteiger partial charge in [0.1, 0.15) is 0 Å². The van der Waals surface area contributed by atoms with Gasteiger partial charge in [0.15, 0.2) is 0 Å². The summed E-state index contributed by atoms with van der Waals surface area (Å²) in [5.74, 6) is 0. The molecular weight excluding hydrogens is 170 g/mol. The van der Waals surface area contributed by atoms with Crippen molar-refractivity contribution >= 4 is 8.25 Å². The third-order valence-electron chi connectivity index (χ3n) is 0.216. The molecule has 0 saturated carbocycles. The first-order valence-electron chi connectivity index (χ1n) is 2.01. The van der Waals surface area contributed by atoms with E-state index in [-0.39, 0.29) is 29.6 Å². The van der Waals surface area contributed by atoms with Crippen LogP contribution in [0.5, 0.6) is 0 Å². The van der Waals surface area contributed by atoms with Crippen LogP contribution in [0.15, 0.2) is 0 Å². The van der Waals surface area contributed by atoms with Crippen LogP contribution in [0.2, 0.25) is 0 Å². The fraction of sp³-hybridized carbons (Fsp3) is 0.667. The molecule has 0 spiro atoms. The average molecular weight is 179 g/mol. The van der Waals surface area contributed by atoms with Gasteiger partial charge in [-0.25, -0.2) is 0 Å². The third-order valence-corrected chi connectivity index (χ3v) is 0.216. The molecule has 1 unspecified atom stereocenters. The SMILES string of the molecule is CC(O)[CH-]O.O=[P+](O)O.[Na+]. The average Bonchev–Trinajstić information content (AvgIpc) is 1.65. The molecule has 56 valence electrons. The van der Waals surface area contributed by atoms with E-state index >= 15 is 0 Å². The molecule has 0 saturated heterocycles. The molecule has 0 radical (unpaired) electrons. The van der Waals surface area contributed by atoms with E-state index in [9.17, 15) is 0 Å². The summed E-state index contributed by atoms with van der Waals surface area (Å²) in [5.41, 5.74) is 0. The van der Waals surface area contributed by atoms with Gasteiger partial charge in [-0.2, -0.15) is 6.61 Å². The van der Waals surface area contributed by atoms with Crippen molar-refractivity contribution in [2.24, 2.45) is 0 Å². The normalized spacial score (nSPS) is 10.1. The quantitative estimate of drug-likeness (QED) is 0.190. The zero-order valence-corrected chi connectivity index (χ0v) is 8.69. The zero-order chi connectivity index (χ0) is 7.86. The molecule has 0 aromatic carbocycles. The summed E-state index contributed by atoms with van der Waals surface area (Å²) in [6.07, 6.45) is -0.685. The largest absolute Gasteiger partial charge is 1.00 e. The molecule has 0 aliphatic carbocycles. The summed E-state index contributed by atoms with van der Waals surface area (Å²) in [4.78, 5) is 14.2. The molecule has 7 heteroatoms. The van der Waals surface area contributed by atoms with Crippen molar-refractivity contribution in [1.29, 1.82) is 0 Å². The summed E-state index contributed by atoms with van der Waals surface area (Å²) in [7, 11) is -2.87. The van der Waals surface area contributed by atoms with Crippen molar-refractivity contribution in [2.75, 3.05) is 0 Å². The number of rotatable bonds is 1. The summed E-state index contributed by atoms with van der Waals surface area (Å²) >= 11 is 0. The minimum atomic E-state index is -2.87. The van der Waals surface area contributed by atoms with Gasteiger partial charge >= 0.3 is 37.8 Å². The molecule has 5 nitrogen and oxygen atoms in total. The first-order valence-corrected chi connectivity index (χ1v) is 3.17. The summed E-state index contributed by atoms with van der Waals surface area (Å²) in [5, 5.41) is 15.8. The Morgan fingerprint density at radius 3 is 1.60 bits per heavy atom. The molecule has 0 aromatic heterocycles. The topological polar surface area (TPSA) is 98.0 Å². The molecule has 0 aliphatic heterocycles. The maximum absolute atomic E-state index is 8.70. The maximum Gasteiger partial charge on any atom is 1.00 e. The van der Waals surface area contributed by atoms with E-state index in [1.165, 1.54) is 6.92 Å². The molecule has 0 heterocycles. The maximum atomic E-state index is 8.70. The van der Waals surface area contributed by atoms with Gasteiger partial charge in [0.2, 0.25) is 0 Å². The molecule has 0 amide bonds. The van der Waals surface area contributed by atoms with Gasteiger partial charge in [-0.1, -0.05) is 6.92 Å². The van der Waals surface area contributed by atoms with E-state index in [0.29, 0.717) is 0 Å². The van der Waals surface area contributed by atoms with Crippen molar-refractivity contribution in [3.05, 3.63) is 6.61 Å². The fourth-order valence-corrected chi connectivity index (χ4v) is 0. The first kappa shape index (κ1) is 17.1. The fourth-order valence-electron chi connectivity index (χ4n) is 0. The van der Waals surface area contributed by atoms with Crippen LogP contribution in [-0.4, -0.2) is 26.1 Å². The Morgan fingerprint density at radius 2 is 1.60 bits per heavy atom. The Morgan fingerprint density at radius 1 is 1.50 bits per heavy atom. The number of hydrogen-bond donors (Lipinski definition) is 4. The van der Waals surface area contributed by atoms with Crippen molar-refractivity contribution in [3.63, 3.8) is 0 Å². The van der Waals surface area contributed by atoms with Gasteiger partial charge < -0.3 is 10.2 Å². The number of hydrogen-bond acceptors (Lipinski definition) is 3. The van der Waals surface area contributed by atoms with Crippen LogP contribution in [0.4, 0.5) is 0 Å². The van der Waals surface area contributed by atoms with E-state index in [0.717, 1.165) is 6.61 Å². The smallest absolute Gasteiger partial charge is 0.564 e. The standard InChI is InChI=1S/C3H7O2.Na.HO3P/c1-3(5)2-4;;1-4(2)3/h2-5H,1H3;;(H-,1,2,3)/q-1;+1;/p+1. The van der Waals surface area contributed by atoms with Gasteiger partial charge in [0.25, 0.3) is 0 Å². The van der Waals surface area contributed by atoms with Gasteiger partial charge in [0.05, 0.1) is 0 Å². The second kappa shape index (κ2) is 12.6. The Bertz CT molecular complexity index is 73.3. The van der Waals surface area contributed by atoms with Gasteiger partial charge in [-0.05, 0) is 6.10 Å². The first-order chi connectivity index (χ1) is 4.00. The number of aliphatic hydroxyl groups excluding tert-OH is 2. The molecule has 4 N–H and O–H groups in total. The van der Waals surface area contributed by atoms with Crippen LogP contribution >= 0.6 is 8.25 Å². The Labute approximate surface area is 81.9 Å². The van der Waals surface area contributed by atoms with Crippen LogP contribution in [-0.2, 0) is 4.57 Å². The minimum absolute atomic E-state index is 0. The summed E-state index contributed by atoms with van der Waals surface area (Å²) in [6, 6.07) is 0. The van der Waals surface area contributed by atoms with E-state index < -0.39 is 14.4 Å². The molecular formula is C3H9NaO5P+. The molecule has 0 bridgehead atoms. The van der Waals surface area contributed by atoms with Gasteiger partial charge in [-0.3, -0.25) is 0 Å². The molecule has 0 fully saturated rings. The van der Waals surface area contributed by atoms with Crippen LogP contribution < -0.4 is 29.6 Å². The van der Waals surface area contributed by atoms with Crippen LogP contribution in [0.1, 0.15) is 6.92 Å². The Balaban J connectivity index is -0.0000000910. The van der Waals surface area contributed by atoms with E-state index in [1.807, 2.05) is 0 Å². The van der Waals surface area contributed by atoms with Crippen molar-refractivity contribution in [1.82, 2.24) is 0 Å². The zero-order valence-electron chi connectivity index (χ0n) is 5.80. The predicted molar refractivity (Wildman–Crippen MR) is 30.0 cm³/mol. The van der Waals surface area contributed by atoms with E-state index in [4.69, 9.17) is 24.6 Å². The number of aliphatic hydroxyl groups is 2. The molecule has 0 rings (SSSR count). The molecule has 0 aromatic rings. The molecule has 1 atom stereocenters. The van der Waals surface area contributed by atoms with Crippen molar-refractivity contribution in [2.45, 2.75) is 13.0 Å².